The van der Waals surface area contributed by atoms with Gasteiger partial charge < -0.3 is 0 Å². The topological polar surface area (TPSA) is 0 Å². The third kappa shape index (κ3) is 1.92. The molecule has 0 aliphatic heterocycles. The lowest BCUT2D eigenvalue weighted by Gasteiger charge is -2.12. The van der Waals surface area contributed by atoms with Crippen LogP contribution < -0.4 is 0 Å². The Bertz CT molecular complexity index is 326. The molecular weight excluding hydrogens is 156 g/mol. The molecule has 0 aliphatic rings. The zero-order chi connectivity index (χ0) is 9.84. The molecule has 0 heterocycles. The van der Waals surface area contributed by atoms with Crippen molar-refractivity contribution < 1.29 is 0 Å². The van der Waals surface area contributed by atoms with Gasteiger partial charge in [0.2, 0.25) is 0 Å². The average molecular weight is 172 g/mol. The first-order chi connectivity index (χ1) is 6.20. The van der Waals surface area contributed by atoms with E-state index in [0.717, 1.165) is 12.0 Å². The Morgan fingerprint density at radius 1 is 1.38 bits per heavy atom. The van der Waals surface area contributed by atoms with E-state index in [2.05, 4.69) is 32.8 Å². The highest BCUT2D eigenvalue weighted by molar-refractivity contribution is 5.45. The summed E-state index contributed by atoms with van der Waals surface area (Å²) >= 11 is 0. The Balaban J connectivity index is 3.29. The van der Waals surface area contributed by atoms with Crippen molar-refractivity contribution in [3.05, 3.63) is 34.9 Å². The van der Waals surface area contributed by atoms with Crippen LogP contribution in [0.5, 0.6) is 0 Å². The van der Waals surface area contributed by atoms with Crippen LogP contribution in [0.2, 0.25) is 0 Å². The fourth-order valence-electron chi connectivity index (χ4n) is 1.68. The Morgan fingerprint density at radius 3 is 2.54 bits per heavy atom. The maximum atomic E-state index is 5.45. The minimum Gasteiger partial charge on any atom is -0.115 e. The molecule has 0 heteroatoms. The molecule has 0 saturated heterocycles. The van der Waals surface area contributed by atoms with Gasteiger partial charge in [0, 0.05) is 5.56 Å². The van der Waals surface area contributed by atoms with Crippen molar-refractivity contribution in [3.8, 4) is 12.3 Å². The summed E-state index contributed by atoms with van der Waals surface area (Å²) in [7, 11) is 0. The van der Waals surface area contributed by atoms with E-state index in [-0.39, 0.29) is 0 Å². The highest BCUT2D eigenvalue weighted by Gasteiger charge is 2.07. The van der Waals surface area contributed by atoms with Gasteiger partial charge >= 0.3 is 0 Å². The van der Waals surface area contributed by atoms with Crippen molar-refractivity contribution in [2.75, 3.05) is 0 Å². The molecule has 0 bridgehead atoms. The first-order valence-corrected chi connectivity index (χ1v) is 4.79. The van der Waals surface area contributed by atoms with Gasteiger partial charge in [0.15, 0.2) is 0 Å². The van der Waals surface area contributed by atoms with Crippen molar-refractivity contribution in [3.63, 3.8) is 0 Å². The molecule has 1 aromatic rings. The second-order valence-electron chi connectivity index (χ2n) is 3.53. The van der Waals surface area contributed by atoms with E-state index in [9.17, 15) is 0 Å². The molecule has 0 saturated carbocycles. The maximum absolute atomic E-state index is 5.45. The first-order valence-electron chi connectivity index (χ1n) is 4.79. The number of hydrogen-bond acceptors (Lipinski definition) is 0. The maximum Gasteiger partial charge on any atom is 0.0277 e. The fourth-order valence-corrected chi connectivity index (χ4v) is 1.68. The van der Waals surface area contributed by atoms with Gasteiger partial charge in [-0.05, 0) is 29.5 Å². The van der Waals surface area contributed by atoms with Crippen LogP contribution in [-0.2, 0) is 6.42 Å². The van der Waals surface area contributed by atoms with E-state index >= 15 is 0 Å². The molecule has 0 radical (unpaired) electrons. The summed E-state index contributed by atoms with van der Waals surface area (Å²) in [6.45, 7) is 6.56. The average Bonchev–Trinajstić information content (AvgIpc) is 2.16. The van der Waals surface area contributed by atoms with Crippen molar-refractivity contribution >= 4 is 0 Å². The second-order valence-corrected chi connectivity index (χ2v) is 3.53. The summed E-state index contributed by atoms with van der Waals surface area (Å²) in [5.74, 6) is 3.30. The van der Waals surface area contributed by atoms with Crippen molar-refractivity contribution in [2.45, 2.75) is 33.1 Å². The van der Waals surface area contributed by atoms with E-state index in [1.165, 1.54) is 11.1 Å². The van der Waals surface area contributed by atoms with Gasteiger partial charge in [0.25, 0.3) is 0 Å². The molecule has 0 nitrogen and oxygen atoms in total. The summed E-state index contributed by atoms with van der Waals surface area (Å²) < 4.78 is 0. The molecule has 0 aromatic heterocycles. The summed E-state index contributed by atoms with van der Waals surface area (Å²) in [5.41, 5.74) is 3.77. The highest BCUT2D eigenvalue weighted by atomic mass is 14.1. The van der Waals surface area contributed by atoms with Crippen molar-refractivity contribution in [2.24, 2.45) is 0 Å². The first kappa shape index (κ1) is 9.86. The van der Waals surface area contributed by atoms with Gasteiger partial charge in [-0.25, -0.2) is 0 Å². The quantitative estimate of drug-likeness (QED) is 0.600. The van der Waals surface area contributed by atoms with Crippen molar-refractivity contribution in [1.82, 2.24) is 0 Å². The van der Waals surface area contributed by atoms with E-state index < -0.39 is 0 Å². The third-order valence-electron chi connectivity index (χ3n) is 2.34. The van der Waals surface area contributed by atoms with Crippen molar-refractivity contribution in [1.29, 1.82) is 0 Å². The van der Waals surface area contributed by atoms with Gasteiger partial charge in [-0.1, -0.05) is 38.8 Å². The lowest BCUT2D eigenvalue weighted by atomic mass is 9.92. The van der Waals surface area contributed by atoms with Crippen LogP contribution in [-0.4, -0.2) is 0 Å². The molecule has 0 atom stereocenters. The molecule has 1 aromatic carbocycles. The van der Waals surface area contributed by atoms with Gasteiger partial charge in [-0.15, -0.1) is 6.42 Å². The van der Waals surface area contributed by atoms with E-state index in [4.69, 9.17) is 6.42 Å². The molecule has 0 fully saturated rings. The van der Waals surface area contributed by atoms with Crippen LogP contribution in [0.1, 0.15) is 43.4 Å². The third-order valence-corrected chi connectivity index (χ3v) is 2.34. The Morgan fingerprint density at radius 2 is 2.08 bits per heavy atom. The van der Waals surface area contributed by atoms with Crippen LogP contribution in [0.15, 0.2) is 18.2 Å². The summed E-state index contributed by atoms with van der Waals surface area (Å²) in [5, 5.41) is 0. The van der Waals surface area contributed by atoms with Gasteiger partial charge in [-0.2, -0.15) is 0 Å². The Hall–Kier alpha value is -1.22. The highest BCUT2D eigenvalue weighted by Crippen LogP contribution is 2.22. The smallest absolute Gasteiger partial charge is 0.0277 e. The van der Waals surface area contributed by atoms with Crippen LogP contribution in [0.3, 0.4) is 0 Å². The molecule has 1 rings (SSSR count). The molecule has 68 valence electrons. The predicted octanol–water partition coefficient (Wildman–Crippen LogP) is 3.35. The Labute approximate surface area is 81.0 Å². The minimum atomic E-state index is 0.559. The minimum absolute atomic E-state index is 0.559. The molecule has 0 spiro atoms. The van der Waals surface area contributed by atoms with Gasteiger partial charge in [0.05, 0.1) is 0 Å². The fraction of sp³-hybridized carbons (Fsp3) is 0.385. The Kier molecular flexibility index (Phi) is 3.14. The summed E-state index contributed by atoms with van der Waals surface area (Å²) in [6.07, 6.45) is 6.47. The lowest BCUT2D eigenvalue weighted by Crippen LogP contribution is -1.97. The molecule has 0 aliphatic carbocycles. The van der Waals surface area contributed by atoms with Crippen LogP contribution >= 0.6 is 0 Å². The largest absolute Gasteiger partial charge is 0.115 e. The van der Waals surface area contributed by atoms with Crippen LogP contribution in [0, 0.1) is 12.3 Å². The molecule has 13 heavy (non-hydrogen) atoms. The molecule has 0 unspecified atom stereocenters. The summed E-state index contributed by atoms with van der Waals surface area (Å²) in [4.78, 5) is 0. The van der Waals surface area contributed by atoms with Crippen LogP contribution in [0.25, 0.3) is 0 Å². The predicted molar refractivity (Wildman–Crippen MR) is 57.8 cm³/mol. The zero-order valence-corrected chi connectivity index (χ0v) is 8.59. The van der Waals surface area contributed by atoms with Gasteiger partial charge in [-0.3, -0.25) is 0 Å². The second kappa shape index (κ2) is 4.14. The van der Waals surface area contributed by atoms with E-state index in [1.807, 2.05) is 12.1 Å². The van der Waals surface area contributed by atoms with E-state index in [0.29, 0.717) is 5.92 Å². The SMILES string of the molecule is C#Cc1cccc(C(C)C)c1CC. The number of terminal acetylenes is 1. The standard InChI is InChI=1S/C13H16/c1-5-11-8-7-9-13(10(3)4)12(11)6-2/h1,7-10H,6H2,2-4H3. The lowest BCUT2D eigenvalue weighted by molar-refractivity contribution is 0.843. The number of hydrogen-bond donors (Lipinski definition) is 0. The number of rotatable bonds is 2. The molecule has 0 amide bonds. The van der Waals surface area contributed by atoms with Gasteiger partial charge in [0.1, 0.15) is 0 Å². The molecular formula is C13H16. The molecule has 0 N–H and O–H groups in total. The monoisotopic (exact) mass is 172 g/mol. The van der Waals surface area contributed by atoms with Crippen LogP contribution in [0.4, 0.5) is 0 Å². The zero-order valence-electron chi connectivity index (χ0n) is 8.59. The number of benzene rings is 1. The van der Waals surface area contributed by atoms with E-state index in [1.54, 1.807) is 0 Å². The summed E-state index contributed by atoms with van der Waals surface area (Å²) in [6, 6.07) is 6.23. The normalized spacial score (nSPS) is 10.1.